The molecule has 0 bridgehead atoms. The van der Waals surface area contributed by atoms with Crippen LogP contribution in [-0.4, -0.2) is 15.9 Å². The van der Waals surface area contributed by atoms with E-state index in [1.807, 2.05) is 0 Å². The number of nitrogens with zero attached hydrogens (tertiary/aromatic N) is 2. The standard InChI is InChI=1S/C12H11ClN4O/c1-7-10(4-8(14)6-16-7)12(18)17-9-2-3-15-11(13)5-9/h2-6H,14H2,1H3,(H,15,17,18). The summed E-state index contributed by atoms with van der Waals surface area (Å²) >= 11 is 5.74. The lowest BCUT2D eigenvalue weighted by molar-refractivity contribution is 0.102. The van der Waals surface area contributed by atoms with Crippen molar-refractivity contribution < 1.29 is 4.79 Å². The van der Waals surface area contributed by atoms with E-state index in [9.17, 15) is 4.79 Å². The van der Waals surface area contributed by atoms with E-state index in [4.69, 9.17) is 17.3 Å². The van der Waals surface area contributed by atoms with Crippen LogP contribution in [0.15, 0.2) is 30.6 Å². The summed E-state index contributed by atoms with van der Waals surface area (Å²) in [5.41, 5.74) is 7.67. The van der Waals surface area contributed by atoms with Crippen LogP contribution in [0.4, 0.5) is 11.4 Å². The number of hydrogen-bond donors (Lipinski definition) is 2. The number of carbonyl (C=O) groups excluding carboxylic acids is 1. The summed E-state index contributed by atoms with van der Waals surface area (Å²) < 4.78 is 0. The largest absolute Gasteiger partial charge is 0.397 e. The first kappa shape index (κ1) is 12.3. The fourth-order valence-corrected chi connectivity index (χ4v) is 1.63. The lowest BCUT2D eigenvalue weighted by atomic mass is 10.2. The Bertz CT molecular complexity index is 600. The minimum atomic E-state index is -0.283. The average molecular weight is 263 g/mol. The third-order valence-corrected chi connectivity index (χ3v) is 2.54. The molecule has 0 saturated carbocycles. The number of hydrogen-bond acceptors (Lipinski definition) is 4. The molecular weight excluding hydrogens is 252 g/mol. The van der Waals surface area contributed by atoms with E-state index in [0.717, 1.165) is 0 Å². The van der Waals surface area contributed by atoms with Gasteiger partial charge >= 0.3 is 0 Å². The second kappa shape index (κ2) is 5.01. The average Bonchev–Trinajstić information content (AvgIpc) is 2.32. The molecule has 6 heteroatoms. The minimum absolute atomic E-state index is 0.283. The van der Waals surface area contributed by atoms with Crippen LogP contribution < -0.4 is 11.1 Å². The maximum atomic E-state index is 12.0. The molecule has 2 aromatic heterocycles. The van der Waals surface area contributed by atoms with Crippen molar-refractivity contribution in [1.29, 1.82) is 0 Å². The lowest BCUT2D eigenvalue weighted by Gasteiger charge is -2.07. The molecule has 2 rings (SSSR count). The quantitative estimate of drug-likeness (QED) is 0.814. The number of nitrogens with one attached hydrogen (secondary N) is 1. The Hall–Kier alpha value is -2.14. The summed E-state index contributed by atoms with van der Waals surface area (Å²) in [5, 5.41) is 3.02. The first-order valence-electron chi connectivity index (χ1n) is 5.21. The van der Waals surface area contributed by atoms with E-state index in [-0.39, 0.29) is 5.91 Å². The van der Waals surface area contributed by atoms with Crippen LogP contribution in [0.3, 0.4) is 0 Å². The molecule has 1 amide bonds. The van der Waals surface area contributed by atoms with Gasteiger partial charge in [-0.15, -0.1) is 0 Å². The molecule has 92 valence electrons. The van der Waals surface area contributed by atoms with Crippen molar-refractivity contribution >= 4 is 28.9 Å². The zero-order valence-electron chi connectivity index (χ0n) is 9.64. The number of anilines is 2. The molecule has 0 aliphatic carbocycles. The second-order valence-electron chi connectivity index (χ2n) is 3.72. The van der Waals surface area contributed by atoms with Crippen molar-refractivity contribution in [3.8, 4) is 0 Å². The topological polar surface area (TPSA) is 80.9 Å². The monoisotopic (exact) mass is 262 g/mol. The van der Waals surface area contributed by atoms with Crippen molar-refractivity contribution in [1.82, 2.24) is 9.97 Å². The van der Waals surface area contributed by atoms with Crippen molar-refractivity contribution in [2.45, 2.75) is 6.92 Å². The summed E-state index contributed by atoms with van der Waals surface area (Å²) in [4.78, 5) is 19.9. The van der Waals surface area contributed by atoms with Gasteiger partial charge in [0.1, 0.15) is 5.15 Å². The van der Waals surface area contributed by atoms with Crippen LogP contribution in [0.2, 0.25) is 5.15 Å². The van der Waals surface area contributed by atoms with E-state index in [0.29, 0.717) is 27.8 Å². The predicted octanol–water partition coefficient (Wildman–Crippen LogP) is 2.27. The number of halogens is 1. The smallest absolute Gasteiger partial charge is 0.257 e. The zero-order valence-corrected chi connectivity index (χ0v) is 10.4. The second-order valence-corrected chi connectivity index (χ2v) is 4.11. The number of aryl methyl sites for hydroxylation is 1. The van der Waals surface area contributed by atoms with Crippen molar-refractivity contribution in [3.05, 3.63) is 47.0 Å². The minimum Gasteiger partial charge on any atom is -0.397 e. The van der Waals surface area contributed by atoms with E-state index >= 15 is 0 Å². The van der Waals surface area contributed by atoms with Gasteiger partial charge in [-0.1, -0.05) is 11.6 Å². The van der Waals surface area contributed by atoms with Gasteiger partial charge in [-0.05, 0) is 25.1 Å². The molecule has 5 nitrogen and oxygen atoms in total. The van der Waals surface area contributed by atoms with Crippen LogP contribution >= 0.6 is 11.6 Å². The van der Waals surface area contributed by atoms with Crippen molar-refractivity contribution in [2.75, 3.05) is 11.1 Å². The summed E-state index contributed by atoms with van der Waals surface area (Å²) in [6.45, 7) is 1.74. The number of nitrogens with two attached hydrogens (primary N) is 1. The Balaban J connectivity index is 2.24. The SMILES string of the molecule is Cc1ncc(N)cc1C(=O)Nc1ccnc(Cl)c1. The molecule has 18 heavy (non-hydrogen) atoms. The first-order chi connectivity index (χ1) is 8.56. The van der Waals surface area contributed by atoms with Gasteiger partial charge in [-0.2, -0.15) is 0 Å². The van der Waals surface area contributed by atoms with Crippen LogP contribution in [0.5, 0.6) is 0 Å². The molecule has 0 spiro atoms. The highest BCUT2D eigenvalue weighted by Gasteiger charge is 2.11. The van der Waals surface area contributed by atoms with E-state index in [2.05, 4.69) is 15.3 Å². The van der Waals surface area contributed by atoms with Gasteiger partial charge < -0.3 is 11.1 Å². The zero-order chi connectivity index (χ0) is 13.1. The fourth-order valence-electron chi connectivity index (χ4n) is 1.46. The van der Waals surface area contributed by atoms with Gasteiger partial charge in [0.25, 0.3) is 5.91 Å². The van der Waals surface area contributed by atoms with Crippen molar-refractivity contribution in [2.24, 2.45) is 0 Å². The normalized spacial score (nSPS) is 10.1. The molecule has 3 N–H and O–H groups in total. The van der Waals surface area contributed by atoms with Crippen LogP contribution in [-0.2, 0) is 0 Å². The predicted molar refractivity (Wildman–Crippen MR) is 70.6 cm³/mol. The Morgan fingerprint density at radius 1 is 1.39 bits per heavy atom. The number of carbonyl (C=O) groups is 1. The summed E-state index contributed by atoms with van der Waals surface area (Å²) in [6.07, 6.45) is 3.03. The molecule has 2 aromatic rings. The fraction of sp³-hybridized carbons (Fsp3) is 0.0833. The van der Waals surface area contributed by atoms with Gasteiger partial charge in [-0.25, -0.2) is 4.98 Å². The van der Waals surface area contributed by atoms with E-state index in [1.54, 1.807) is 25.1 Å². The molecule has 2 heterocycles. The summed E-state index contributed by atoms with van der Waals surface area (Å²) in [7, 11) is 0. The van der Waals surface area contributed by atoms with E-state index < -0.39 is 0 Å². The van der Waals surface area contributed by atoms with E-state index in [1.165, 1.54) is 12.4 Å². The molecule has 0 atom stereocenters. The summed E-state index contributed by atoms with van der Waals surface area (Å²) in [5.74, 6) is -0.283. The molecule has 0 aliphatic rings. The number of aromatic nitrogens is 2. The lowest BCUT2D eigenvalue weighted by Crippen LogP contribution is -2.14. The number of amides is 1. The number of nitrogen functional groups attached to an aromatic ring is 1. The molecular formula is C12H11ClN4O. The molecule has 0 unspecified atom stereocenters. The van der Waals surface area contributed by atoms with Gasteiger partial charge in [0.05, 0.1) is 23.1 Å². The summed E-state index contributed by atoms with van der Waals surface area (Å²) in [6, 6.07) is 4.80. The van der Waals surface area contributed by atoms with Gasteiger partial charge in [0.2, 0.25) is 0 Å². The Labute approximate surface area is 109 Å². The highest BCUT2D eigenvalue weighted by molar-refractivity contribution is 6.29. The third kappa shape index (κ3) is 2.75. The van der Waals surface area contributed by atoms with Crippen molar-refractivity contribution in [3.63, 3.8) is 0 Å². The van der Waals surface area contributed by atoms with Crippen LogP contribution in [0, 0.1) is 6.92 Å². The first-order valence-corrected chi connectivity index (χ1v) is 5.59. The maximum absolute atomic E-state index is 12.0. The molecule has 0 fully saturated rings. The molecule has 0 saturated heterocycles. The van der Waals surface area contributed by atoms with Gasteiger partial charge in [0, 0.05) is 11.9 Å². The van der Waals surface area contributed by atoms with Gasteiger partial charge in [-0.3, -0.25) is 9.78 Å². The maximum Gasteiger partial charge on any atom is 0.257 e. The Morgan fingerprint density at radius 2 is 2.17 bits per heavy atom. The van der Waals surface area contributed by atoms with Gasteiger partial charge in [0.15, 0.2) is 0 Å². The highest BCUT2D eigenvalue weighted by atomic mass is 35.5. The van der Waals surface area contributed by atoms with Crippen LogP contribution in [0.25, 0.3) is 0 Å². The number of pyridine rings is 2. The molecule has 0 aromatic carbocycles. The molecule has 0 radical (unpaired) electrons. The highest BCUT2D eigenvalue weighted by Crippen LogP contribution is 2.15. The number of rotatable bonds is 2. The van der Waals surface area contributed by atoms with Crippen LogP contribution in [0.1, 0.15) is 16.1 Å². The third-order valence-electron chi connectivity index (χ3n) is 2.34. The Kier molecular flexibility index (Phi) is 3.43. The Morgan fingerprint density at radius 3 is 2.89 bits per heavy atom. The molecule has 0 aliphatic heterocycles.